The smallest absolute Gasteiger partial charge is 0.0848 e. The first-order valence-corrected chi connectivity index (χ1v) is 7.64. The van der Waals surface area contributed by atoms with E-state index < -0.39 is 0 Å². The van der Waals surface area contributed by atoms with Crippen LogP contribution in [-0.4, -0.2) is 32.5 Å². The van der Waals surface area contributed by atoms with Gasteiger partial charge in [0.25, 0.3) is 0 Å². The van der Waals surface area contributed by atoms with Gasteiger partial charge >= 0.3 is 0 Å². The molecule has 3 nitrogen and oxygen atoms in total. The molecule has 1 saturated heterocycles. The monoisotopic (exact) mass is 274 g/mol. The van der Waals surface area contributed by atoms with E-state index in [1.165, 1.54) is 5.75 Å². The highest BCUT2D eigenvalue weighted by molar-refractivity contribution is 7.99. The maximum atomic E-state index is 10.2. The zero-order chi connectivity index (χ0) is 12.4. The van der Waals surface area contributed by atoms with Gasteiger partial charge < -0.3 is 5.11 Å². The molecule has 2 rings (SSSR count). The van der Waals surface area contributed by atoms with Gasteiger partial charge in [-0.3, -0.25) is 4.68 Å². The van der Waals surface area contributed by atoms with E-state index in [-0.39, 0.29) is 6.10 Å². The summed E-state index contributed by atoms with van der Waals surface area (Å²) in [6.07, 6.45) is 1.45. The number of hydrogen-bond acceptors (Lipinski definition) is 3. The van der Waals surface area contributed by atoms with Gasteiger partial charge in [-0.05, 0) is 37.7 Å². The predicted octanol–water partition coefficient (Wildman–Crippen LogP) is 2.52. The Bertz CT molecular complexity index is 388. The van der Waals surface area contributed by atoms with E-state index in [0.29, 0.717) is 12.3 Å². The third-order valence-corrected chi connectivity index (χ3v) is 5.04. The largest absolute Gasteiger partial charge is 0.392 e. The van der Waals surface area contributed by atoms with Gasteiger partial charge in [0.15, 0.2) is 0 Å². The highest BCUT2D eigenvalue weighted by Crippen LogP contribution is 2.29. The minimum atomic E-state index is -0.288. The van der Waals surface area contributed by atoms with Gasteiger partial charge in [-0.25, -0.2) is 0 Å². The van der Waals surface area contributed by atoms with Gasteiger partial charge in [-0.15, -0.1) is 0 Å². The summed E-state index contributed by atoms with van der Waals surface area (Å²) in [6.45, 7) is 4.76. The Morgan fingerprint density at radius 3 is 3.00 bits per heavy atom. The molecule has 1 aliphatic heterocycles. The molecule has 1 fully saturated rings. The zero-order valence-corrected chi connectivity index (χ0v) is 11.9. The van der Waals surface area contributed by atoms with Crippen LogP contribution in [0, 0.1) is 12.8 Å². The third kappa shape index (κ3) is 2.80. The Balaban J connectivity index is 2.11. The number of aryl methyl sites for hydroxylation is 2. The number of aliphatic hydroxyl groups is 1. The minimum absolute atomic E-state index is 0.288. The summed E-state index contributed by atoms with van der Waals surface area (Å²) >= 11 is 8.17. The fourth-order valence-corrected chi connectivity index (χ4v) is 3.83. The molecule has 1 aromatic heterocycles. The fourth-order valence-electron chi connectivity index (χ4n) is 2.28. The average Bonchev–Trinajstić information content (AvgIpc) is 2.92. The Morgan fingerprint density at radius 1 is 1.65 bits per heavy atom. The summed E-state index contributed by atoms with van der Waals surface area (Å²) < 4.78 is 1.91. The molecular weight excluding hydrogens is 256 g/mol. The van der Waals surface area contributed by atoms with Crippen molar-refractivity contribution >= 4 is 23.4 Å². The van der Waals surface area contributed by atoms with E-state index in [9.17, 15) is 5.11 Å². The van der Waals surface area contributed by atoms with E-state index in [1.807, 2.05) is 30.3 Å². The molecule has 1 aliphatic rings. The van der Waals surface area contributed by atoms with Crippen molar-refractivity contribution in [3.8, 4) is 0 Å². The third-order valence-electron chi connectivity index (χ3n) is 3.36. The van der Waals surface area contributed by atoms with Crippen molar-refractivity contribution in [3.63, 3.8) is 0 Å². The Morgan fingerprint density at radius 2 is 2.41 bits per heavy atom. The number of nitrogens with zero attached hydrogens (tertiary/aromatic N) is 2. The normalized spacial score (nSPS) is 22.0. The summed E-state index contributed by atoms with van der Waals surface area (Å²) in [4.78, 5) is 0. The predicted molar refractivity (Wildman–Crippen MR) is 72.8 cm³/mol. The molecule has 5 heteroatoms. The van der Waals surface area contributed by atoms with Crippen LogP contribution in [0.1, 0.15) is 24.7 Å². The molecule has 17 heavy (non-hydrogen) atoms. The SMILES string of the molecule is CCn1nc(C)c(Cl)c1CC(O)C1CCSC1. The molecule has 0 amide bonds. The number of rotatable bonds is 4. The maximum absolute atomic E-state index is 10.2. The summed E-state index contributed by atoms with van der Waals surface area (Å²) in [6, 6.07) is 0. The minimum Gasteiger partial charge on any atom is -0.392 e. The molecule has 0 aliphatic carbocycles. The standard InChI is InChI=1S/C12H19ClN2OS/c1-3-15-10(12(13)8(2)14-15)6-11(16)9-4-5-17-7-9/h9,11,16H,3-7H2,1-2H3. The lowest BCUT2D eigenvalue weighted by molar-refractivity contribution is 0.118. The van der Waals surface area contributed by atoms with Crippen LogP contribution in [0.25, 0.3) is 0 Å². The van der Waals surface area contributed by atoms with Crippen molar-refractivity contribution in [3.05, 3.63) is 16.4 Å². The topological polar surface area (TPSA) is 38.0 Å². The van der Waals surface area contributed by atoms with Crippen molar-refractivity contribution in [2.24, 2.45) is 5.92 Å². The van der Waals surface area contributed by atoms with Crippen LogP contribution < -0.4 is 0 Å². The second-order valence-corrected chi connectivity index (χ2v) is 6.08. The summed E-state index contributed by atoms with van der Waals surface area (Å²) in [5.41, 5.74) is 1.84. The van der Waals surface area contributed by atoms with Crippen molar-refractivity contribution < 1.29 is 5.11 Å². The number of hydrogen-bond donors (Lipinski definition) is 1. The average molecular weight is 275 g/mol. The second kappa shape index (κ2) is 5.63. The zero-order valence-electron chi connectivity index (χ0n) is 10.3. The van der Waals surface area contributed by atoms with Gasteiger partial charge in [0.2, 0.25) is 0 Å². The molecule has 0 spiro atoms. The van der Waals surface area contributed by atoms with E-state index >= 15 is 0 Å². The molecular formula is C12H19ClN2OS. The lowest BCUT2D eigenvalue weighted by Gasteiger charge is -2.17. The highest BCUT2D eigenvalue weighted by atomic mass is 35.5. The summed E-state index contributed by atoms with van der Waals surface area (Å²) in [5, 5.41) is 15.3. The Labute approximate surface area is 112 Å². The molecule has 2 heterocycles. The first-order valence-electron chi connectivity index (χ1n) is 6.11. The molecule has 1 N–H and O–H groups in total. The van der Waals surface area contributed by atoms with Crippen molar-refractivity contribution in [2.75, 3.05) is 11.5 Å². The summed E-state index contributed by atoms with van der Waals surface area (Å²) in [7, 11) is 0. The molecule has 2 unspecified atom stereocenters. The Kier molecular flexibility index (Phi) is 4.39. The first kappa shape index (κ1) is 13.2. The lowest BCUT2D eigenvalue weighted by atomic mass is 9.98. The Hall–Kier alpha value is -0.190. The molecule has 96 valence electrons. The van der Waals surface area contributed by atoms with Crippen molar-refractivity contribution in [1.82, 2.24) is 9.78 Å². The molecule has 0 radical (unpaired) electrons. The van der Waals surface area contributed by atoms with E-state index in [0.717, 1.165) is 35.1 Å². The van der Waals surface area contributed by atoms with Crippen LogP contribution in [0.5, 0.6) is 0 Å². The second-order valence-electron chi connectivity index (χ2n) is 4.56. The quantitative estimate of drug-likeness (QED) is 0.917. The number of halogens is 1. The molecule has 0 saturated carbocycles. The van der Waals surface area contributed by atoms with Crippen LogP contribution in [-0.2, 0) is 13.0 Å². The van der Waals surface area contributed by atoms with E-state index in [2.05, 4.69) is 5.10 Å². The first-order chi connectivity index (χ1) is 8.13. The van der Waals surface area contributed by atoms with Crippen LogP contribution in [0.15, 0.2) is 0 Å². The molecule has 1 aromatic rings. The van der Waals surface area contributed by atoms with Crippen LogP contribution in [0.4, 0.5) is 0 Å². The molecule has 0 aromatic carbocycles. The van der Waals surface area contributed by atoms with Gasteiger partial charge in [0.1, 0.15) is 0 Å². The number of aliphatic hydroxyl groups excluding tert-OH is 1. The van der Waals surface area contributed by atoms with Crippen LogP contribution in [0.2, 0.25) is 5.02 Å². The van der Waals surface area contributed by atoms with Crippen LogP contribution >= 0.6 is 23.4 Å². The van der Waals surface area contributed by atoms with Crippen molar-refractivity contribution in [2.45, 2.75) is 39.3 Å². The number of aromatic nitrogens is 2. The van der Waals surface area contributed by atoms with Gasteiger partial charge in [-0.2, -0.15) is 16.9 Å². The molecule has 2 atom stereocenters. The van der Waals surface area contributed by atoms with Gasteiger partial charge in [0, 0.05) is 13.0 Å². The fraction of sp³-hybridized carbons (Fsp3) is 0.750. The summed E-state index contributed by atoms with van der Waals surface area (Å²) in [5.74, 6) is 2.65. The van der Waals surface area contributed by atoms with Gasteiger partial charge in [0.05, 0.1) is 22.5 Å². The van der Waals surface area contributed by atoms with Crippen LogP contribution in [0.3, 0.4) is 0 Å². The maximum Gasteiger partial charge on any atom is 0.0848 e. The van der Waals surface area contributed by atoms with E-state index in [4.69, 9.17) is 11.6 Å². The highest BCUT2D eigenvalue weighted by Gasteiger charge is 2.26. The molecule has 0 bridgehead atoms. The number of thioether (sulfide) groups is 1. The van der Waals surface area contributed by atoms with Crippen molar-refractivity contribution in [1.29, 1.82) is 0 Å². The van der Waals surface area contributed by atoms with E-state index in [1.54, 1.807) is 0 Å². The van der Waals surface area contributed by atoms with Gasteiger partial charge in [-0.1, -0.05) is 11.6 Å². The lowest BCUT2D eigenvalue weighted by Crippen LogP contribution is -2.24.